The van der Waals surface area contributed by atoms with Crippen molar-refractivity contribution in [1.29, 1.82) is 0 Å². The SMILES string of the molecule is COC(=O)C1C=C2CC(OC(C)=O)CCC2(C)[C@@H]2C1C1CCC(=O)C1(C)C[C@H]2OC(C)=O. The number of esters is 3. The number of hydrogen-bond acceptors (Lipinski definition) is 7. The van der Waals surface area contributed by atoms with Crippen LogP contribution in [-0.4, -0.2) is 43.0 Å². The molecule has 0 aromatic rings. The zero-order valence-electron chi connectivity index (χ0n) is 19.6. The number of Topliss-reactive ketones (excluding diaryl/α,β-unsaturated/α-hetero) is 1. The molecule has 4 rings (SSSR count). The minimum atomic E-state index is -0.607. The lowest BCUT2D eigenvalue weighted by atomic mass is 9.45. The van der Waals surface area contributed by atoms with E-state index in [9.17, 15) is 19.2 Å². The van der Waals surface area contributed by atoms with Gasteiger partial charge in [0.25, 0.3) is 0 Å². The Morgan fingerprint density at radius 2 is 1.72 bits per heavy atom. The average Bonchev–Trinajstić information content (AvgIpc) is 3.00. The summed E-state index contributed by atoms with van der Waals surface area (Å²) in [6, 6.07) is 0. The third-order valence-corrected chi connectivity index (χ3v) is 8.86. The quantitative estimate of drug-likeness (QED) is 0.372. The Morgan fingerprint density at radius 1 is 1.03 bits per heavy atom. The predicted octanol–water partition coefficient (Wildman–Crippen LogP) is 3.39. The number of carbonyl (C=O) groups excluding carboxylic acids is 4. The maximum Gasteiger partial charge on any atom is 0.312 e. The van der Waals surface area contributed by atoms with Crippen LogP contribution in [0.4, 0.5) is 0 Å². The number of rotatable bonds is 3. The van der Waals surface area contributed by atoms with Crippen molar-refractivity contribution in [3.05, 3.63) is 11.6 Å². The van der Waals surface area contributed by atoms with E-state index in [1.54, 1.807) is 0 Å². The highest BCUT2D eigenvalue weighted by atomic mass is 16.5. The van der Waals surface area contributed by atoms with Crippen LogP contribution in [0.1, 0.15) is 66.2 Å². The normalized spacial score (nSPS) is 42.7. The van der Waals surface area contributed by atoms with Crippen LogP contribution in [0.5, 0.6) is 0 Å². The molecule has 7 nitrogen and oxygen atoms in total. The number of hydrogen-bond donors (Lipinski definition) is 0. The molecule has 0 N–H and O–H groups in total. The summed E-state index contributed by atoms with van der Waals surface area (Å²) in [7, 11) is 1.39. The van der Waals surface area contributed by atoms with E-state index in [0.29, 0.717) is 25.7 Å². The van der Waals surface area contributed by atoms with Crippen LogP contribution in [0, 0.1) is 34.5 Å². The molecular weight excluding hydrogens is 412 g/mol. The third-order valence-electron chi connectivity index (χ3n) is 8.86. The van der Waals surface area contributed by atoms with Gasteiger partial charge in [-0.1, -0.05) is 25.5 Å². The molecule has 0 saturated heterocycles. The molecule has 4 aliphatic carbocycles. The van der Waals surface area contributed by atoms with E-state index in [-0.39, 0.29) is 53.0 Å². The number of ether oxygens (including phenoxy) is 3. The minimum Gasteiger partial charge on any atom is -0.469 e. The van der Waals surface area contributed by atoms with Crippen molar-refractivity contribution in [1.82, 2.24) is 0 Å². The lowest BCUT2D eigenvalue weighted by Gasteiger charge is -2.60. The van der Waals surface area contributed by atoms with Crippen molar-refractivity contribution in [2.45, 2.75) is 78.4 Å². The van der Waals surface area contributed by atoms with E-state index >= 15 is 0 Å². The van der Waals surface area contributed by atoms with Gasteiger partial charge in [0, 0.05) is 38.0 Å². The molecular formula is C25H34O7. The van der Waals surface area contributed by atoms with Gasteiger partial charge in [-0.25, -0.2) is 0 Å². The molecule has 6 unspecified atom stereocenters. The highest BCUT2D eigenvalue weighted by Crippen LogP contribution is 2.66. The summed E-state index contributed by atoms with van der Waals surface area (Å²) in [5.41, 5.74) is 0.153. The lowest BCUT2D eigenvalue weighted by molar-refractivity contribution is -0.183. The van der Waals surface area contributed by atoms with Crippen LogP contribution in [0.15, 0.2) is 11.6 Å². The van der Waals surface area contributed by atoms with Gasteiger partial charge in [0.1, 0.15) is 18.0 Å². The summed E-state index contributed by atoms with van der Waals surface area (Å²) in [5, 5.41) is 0. The highest BCUT2D eigenvalue weighted by molar-refractivity contribution is 5.88. The Morgan fingerprint density at radius 3 is 2.34 bits per heavy atom. The number of methoxy groups -OCH3 is 1. The van der Waals surface area contributed by atoms with Gasteiger partial charge in [-0.05, 0) is 42.9 Å². The molecule has 3 fully saturated rings. The minimum absolute atomic E-state index is 0.0386. The summed E-state index contributed by atoms with van der Waals surface area (Å²) in [6.07, 6.45) is 5.10. The Hall–Kier alpha value is -2.18. The standard InChI is InChI=1S/C25H34O7/c1-13(26)31-16-8-9-24(3)15(10-16)11-17(23(29)30-5)21-18-6-7-20(28)25(18,4)12-19(22(21)24)32-14(2)27/h11,16-19,21-22H,6-10,12H2,1-5H3/t16?,17?,18?,19-,21?,22+,24?,25?/m1/s1. The van der Waals surface area contributed by atoms with E-state index in [1.165, 1.54) is 21.0 Å². The molecule has 7 heteroatoms. The zero-order valence-corrected chi connectivity index (χ0v) is 19.6. The van der Waals surface area contributed by atoms with Gasteiger partial charge in [0.15, 0.2) is 0 Å². The maximum absolute atomic E-state index is 13.0. The largest absolute Gasteiger partial charge is 0.469 e. The first-order valence-corrected chi connectivity index (χ1v) is 11.7. The van der Waals surface area contributed by atoms with Crippen molar-refractivity contribution >= 4 is 23.7 Å². The fourth-order valence-corrected chi connectivity index (χ4v) is 7.53. The van der Waals surface area contributed by atoms with Gasteiger partial charge >= 0.3 is 17.9 Å². The molecule has 0 aromatic heterocycles. The van der Waals surface area contributed by atoms with Crippen molar-refractivity contribution < 1.29 is 33.4 Å². The van der Waals surface area contributed by atoms with Crippen molar-refractivity contribution in [3.63, 3.8) is 0 Å². The van der Waals surface area contributed by atoms with E-state index in [2.05, 4.69) is 6.92 Å². The Bertz CT molecular complexity index is 876. The van der Waals surface area contributed by atoms with Crippen LogP contribution in [-0.2, 0) is 33.4 Å². The number of ketones is 1. The van der Waals surface area contributed by atoms with Crippen LogP contribution in [0.2, 0.25) is 0 Å². The van der Waals surface area contributed by atoms with Crippen LogP contribution < -0.4 is 0 Å². The molecule has 0 amide bonds. The topological polar surface area (TPSA) is 96.0 Å². The molecule has 0 bridgehead atoms. The lowest BCUT2D eigenvalue weighted by Crippen LogP contribution is -2.60. The van der Waals surface area contributed by atoms with Crippen molar-refractivity contribution in [3.8, 4) is 0 Å². The van der Waals surface area contributed by atoms with Gasteiger partial charge < -0.3 is 14.2 Å². The van der Waals surface area contributed by atoms with Gasteiger partial charge in [0.2, 0.25) is 0 Å². The molecule has 176 valence electrons. The molecule has 0 aliphatic heterocycles. The fourth-order valence-electron chi connectivity index (χ4n) is 7.53. The van der Waals surface area contributed by atoms with E-state index < -0.39 is 17.4 Å². The van der Waals surface area contributed by atoms with Crippen molar-refractivity contribution in [2.24, 2.45) is 34.5 Å². The molecule has 0 radical (unpaired) electrons. The van der Waals surface area contributed by atoms with E-state index in [1.807, 2.05) is 13.0 Å². The molecule has 4 aliphatic rings. The summed E-state index contributed by atoms with van der Waals surface area (Å²) >= 11 is 0. The van der Waals surface area contributed by atoms with Gasteiger partial charge in [-0.15, -0.1) is 0 Å². The second-order valence-corrected chi connectivity index (χ2v) is 10.6. The van der Waals surface area contributed by atoms with Crippen LogP contribution >= 0.6 is 0 Å². The second kappa shape index (κ2) is 7.99. The number of fused-ring (bicyclic) bond motifs is 5. The van der Waals surface area contributed by atoms with Gasteiger partial charge in [-0.2, -0.15) is 0 Å². The molecule has 0 aromatic carbocycles. The first kappa shape index (κ1) is 23.0. The Kier molecular flexibility index (Phi) is 5.74. The molecule has 0 heterocycles. The van der Waals surface area contributed by atoms with Gasteiger partial charge in [-0.3, -0.25) is 19.2 Å². The number of carbonyl (C=O) groups is 4. The smallest absolute Gasteiger partial charge is 0.312 e. The highest BCUT2D eigenvalue weighted by Gasteiger charge is 2.65. The van der Waals surface area contributed by atoms with Crippen LogP contribution in [0.3, 0.4) is 0 Å². The summed E-state index contributed by atoms with van der Waals surface area (Å²) in [4.78, 5) is 49.6. The first-order valence-electron chi connectivity index (χ1n) is 11.7. The zero-order chi connectivity index (χ0) is 23.4. The van der Waals surface area contributed by atoms with E-state index in [0.717, 1.165) is 18.4 Å². The Labute approximate surface area is 189 Å². The summed E-state index contributed by atoms with van der Waals surface area (Å²) in [5.74, 6) is -1.53. The van der Waals surface area contributed by atoms with Crippen molar-refractivity contribution in [2.75, 3.05) is 7.11 Å². The first-order chi connectivity index (χ1) is 15.0. The monoisotopic (exact) mass is 446 g/mol. The second-order valence-electron chi connectivity index (χ2n) is 10.6. The third kappa shape index (κ3) is 3.48. The molecule has 0 spiro atoms. The predicted molar refractivity (Wildman–Crippen MR) is 114 cm³/mol. The van der Waals surface area contributed by atoms with Crippen LogP contribution in [0.25, 0.3) is 0 Å². The molecule has 32 heavy (non-hydrogen) atoms. The maximum atomic E-state index is 13.0. The Balaban J connectivity index is 1.83. The summed E-state index contributed by atoms with van der Waals surface area (Å²) in [6.45, 7) is 6.97. The fraction of sp³-hybridized carbons (Fsp3) is 0.760. The average molecular weight is 447 g/mol. The van der Waals surface area contributed by atoms with Gasteiger partial charge in [0.05, 0.1) is 13.0 Å². The molecule has 8 atom stereocenters. The summed E-state index contributed by atoms with van der Waals surface area (Å²) < 4.78 is 16.6. The van der Waals surface area contributed by atoms with E-state index in [4.69, 9.17) is 14.2 Å². The molecule has 3 saturated carbocycles.